The molecule has 3 rings (SSSR count). The number of anilines is 1. The van der Waals surface area contributed by atoms with Crippen molar-refractivity contribution in [3.05, 3.63) is 66.0 Å². The van der Waals surface area contributed by atoms with E-state index in [9.17, 15) is 14.0 Å². The summed E-state index contributed by atoms with van der Waals surface area (Å²) >= 11 is 0. The highest BCUT2D eigenvalue weighted by molar-refractivity contribution is 5.98. The van der Waals surface area contributed by atoms with Gasteiger partial charge in [0.1, 0.15) is 5.82 Å². The smallest absolute Gasteiger partial charge is 0.251 e. The minimum absolute atomic E-state index is 0.0180. The second-order valence-electron chi connectivity index (χ2n) is 5.22. The number of nitrogens with zero attached hydrogens (tertiary/aromatic N) is 1. The molecule has 2 aromatic rings. The number of hydrogen-bond donors (Lipinski definition) is 1. The number of halogens is 1. The van der Waals surface area contributed by atoms with E-state index in [-0.39, 0.29) is 30.1 Å². The molecule has 1 atom stereocenters. The van der Waals surface area contributed by atoms with Crippen LogP contribution in [0.4, 0.5) is 10.1 Å². The highest BCUT2D eigenvalue weighted by Crippen LogP contribution is 2.21. The van der Waals surface area contributed by atoms with E-state index in [2.05, 4.69) is 5.32 Å². The third-order valence-corrected chi connectivity index (χ3v) is 3.63. The summed E-state index contributed by atoms with van der Waals surface area (Å²) in [6.45, 7) is 0.440. The molecule has 1 aliphatic rings. The van der Waals surface area contributed by atoms with Gasteiger partial charge < -0.3 is 10.2 Å². The van der Waals surface area contributed by atoms with E-state index in [1.807, 2.05) is 30.3 Å². The Morgan fingerprint density at radius 2 is 1.77 bits per heavy atom. The molecule has 22 heavy (non-hydrogen) atoms. The van der Waals surface area contributed by atoms with Crippen LogP contribution in [0.5, 0.6) is 0 Å². The van der Waals surface area contributed by atoms with Crippen molar-refractivity contribution < 1.29 is 14.0 Å². The molecule has 0 unspecified atom stereocenters. The number of hydrogen-bond acceptors (Lipinski definition) is 2. The Kier molecular flexibility index (Phi) is 3.87. The van der Waals surface area contributed by atoms with E-state index in [4.69, 9.17) is 0 Å². The van der Waals surface area contributed by atoms with E-state index in [0.717, 1.165) is 5.69 Å². The van der Waals surface area contributed by atoms with Crippen molar-refractivity contribution in [2.75, 3.05) is 11.4 Å². The number of benzene rings is 2. The number of para-hydroxylation sites is 1. The van der Waals surface area contributed by atoms with Crippen molar-refractivity contribution >= 4 is 17.5 Å². The third kappa shape index (κ3) is 2.98. The average molecular weight is 298 g/mol. The maximum Gasteiger partial charge on any atom is 0.251 e. The van der Waals surface area contributed by atoms with Crippen molar-refractivity contribution in [3.8, 4) is 0 Å². The van der Waals surface area contributed by atoms with Crippen molar-refractivity contribution in [1.29, 1.82) is 0 Å². The van der Waals surface area contributed by atoms with E-state index < -0.39 is 0 Å². The van der Waals surface area contributed by atoms with Gasteiger partial charge in [-0.05, 0) is 36.4 Å². The van der Waals surface area contributed by atoms with Gasteiger partial charge in [0, 0.05) is 24.2 Å². The summed E-state index contributed by atoms with van der Waals surface area (Å²) in [5.41, 5.74) is 1.21. The first-order chi connectivity index (χ1) is 10.6. The molecule has 0 aromatic heterocycles. The Morgan fingerprint density at radius 3 is 2.45 bits per heavy atom. The summed E-state index contributed by atoms with van der Waals surface area (Å²) in [4.78, 5) is 25.8. The summed E-state index contributed by atoms with van der Waals surface area (Å²) < 4.78 is 12.9. The Morgan fingerprint density at radius 1 is 1.09 bits per heavy atom. The van der Waals surface area contributed by atoms with Crippen LogP contribution in [0.3, 0.4) is 0 Å². The second-order valence-corrected chi connectivity index (χ2v) is 5.22. The van der Waals surface area contributed by atoms with Crippen LogP contribution in [0, 0.1) is 5.82 Å². The van der Waals surface area contributed by atoms with E-state index in [1.165, 1.54) is 24.3 Å². The van der Waals surface area contributed by atoms with Crippen molar-refractivity contribution in [2.24, 2.45) is 0 Å². The lowest BCUT2D eigenvalue weighted by Gasteiger charge is -2.17. The topological polar surface area (TPSA) is 49.4 Å². The predicted molar refractivity (Wildman–Crippen MR) is 81.1 cm³/mol. The van der Waals surface area contributed by atoms with Crippen LogP contribution in [0.2, 0.25) is 0 Å². The largest absolute Gasteiger partial charge is 0.347 e. The van der Waals surface area contributed by atoms with Gasteiger partial charge in [-0.2, -0.15) is 0 Å². The molecule has 1 fully saturated rings. The van der Waals surface area contributed by atoms with Gasteiger partial charge in [0.2, 0.25) is 5.91 Å². The normalized spacial score (nSPS) is 17.6. The Balaban J connectivity index is 1.66. The van der Waals surface area contributed by atoms with Crippen LogP contribution in [0.1, 0.15) is 16.8 Å². The molecule has 0 bridgehead atoms. The maximum atomic E-state index is 12.9. The number of rotatable bonds is 3. The lowest BCUT2D eigenvalue weighted by atomic mass is 10.2. The van der Waals surface area contributed by atoms with Crippen molar-refractivity contribution in [1.82, 2.24) is 5.32 Å². The van der Waals surface area contributed by atoms with E-state index in [1.54, 1.807) is 4.90 Å². The molecular formula is C17H15FN2O2. The van der Waals surface area contributed by atoms with Crippen molar-refractivity contribution in [3.63, 3.8) is 0 Å². The molecule has 112 valence electrons. The fourth-order valence-electron chi connectivity index (χ4n) is 2.53. The second kappa shape index (κ2) is 5.97. The summed E-state index contributed by atoms with van der Waals surface area (Å²) in [5.74, 6) is -0.703. The van der Waals surface area contributed by atoms with Gasteiger partial charge in [-0.15, -0.1) is 0 Å². The molecule has 4 nitrogen and oxygen atoms in total. The molecule has 2 amide bonds. The molecule has 0 saturated carbocycles. The first-order valence-electron chi connectivity index (χ1n) is 7.05. The summed E-state index contributed by atoms with van der Waals surface area (Å²) in [7, 11) is 0. The first kappa shape index (κ1) is 14.3. The zero-order valence-electron chi connectivity index (χ0n) is 11.8. The van der Waals surface area contributed by atoms with Gasteiger partial charge in [-0.25, -0.2) is 4.39 Å². The van der Waals surface area contributed by atoms with Gasteiger partial charge in [0.15, 0.2) is 0 Å². The highest BCUT2D eigenvalue weighted by atomic mass is 19.1. The highest BCUT2D eigenvalue weighted by Gasteiger charge is 2.31. The number of nitrogens with one attached hydrogen (secondary N) is 1. The van der Waals surface area contributed by atoms with Crippen molar-refractivity contribution in [2.45, 2.75) is 12.5 Å². The summed E-state index contributed by atoms with van der Waals surface area (Å²) in [6.07, 6.45) is 0.266. The molecule has 1 aliphatic heterocycles. The molecule has 1 saturated heterocycles. The molecule has 0 aliphatic carbocycles. The average Bonchev–Trinajstić information content (AvgIpc) is 2.89. The fourth-order valence-corrected chi connectivity index (χ4v) is 2.53. The van der Waals surface area contributed by atoms with Crippen LogP contribution < -0.4 is 10.2 Å². The Labute approximate surface area is 127 Å². The Bertz CT molecular complexity index is 686. The van der Waals surface area contributed by atoms with Gasteiger partial charge in [-0.3, -0.25) is 9.59 Å². The molecule has 0 spiro atoms. The van der Waals surface area contributed by atoms with Gasteiger partial charge in [-0.1, -0.05) is 18.2 Å². The fraction of sp³-hybridized carbons (Fsp3) is 0.176. The zero-order valence-corrected chi connectivity index (χ0v) is 11.8. The molecule has 2 aromatic carbocycles. The standard InChI is InChI=1S/C17H15FN2O2/c18-13-8-6-12(7-9-13)17(22)19-14-10-16(21)20(11-14)15-4-2-1-3-5-15/h1-9,14H,10-11H2,(H,19,22)/t14-/m0/s1. The van der Waals surface area contributed by atoms with Crippen LogP contribution >= 0.6 is 0 Å². The minimum atomic E-state index is -0.386. The summed E-state index contributed by atoms with van der Waals surface area (Å²) in [5, 5.41) is 2.82. The SMILES string of the molecule is O=C(N[C@H]1CC(=O)N(c2ccccc2)C1)c1ccc(F)cc1. The summed E-state index contributed by atoms with van der Waals surface area (Å²) in [6, 6.07) is 14.4. The lowest BCUT2D eigenvalue weighted by Crippen LogP contribution is -2.37. The van der Waals surface area contributed by atoms with Crippen LogP contribution in [-0.4, -0.2) is 24.4 Å². The van der Waals surface area contributed by atoms with E-state index >= 15 is 0 Å². The molecule has 5 heteroatoms. The maximum absolute atomic E-state index is 12.9. The molecule has 1 N–H and O–H groups in total. The number of amides is 2. The Hall–Kier alpha value is -2.69. The van der Waals surface area contributed by atoms with Gasteiger partial charge in [0.25, 0.3) is 5.91 Å². The number of carbonyl (C=O) groups excluding carboxylic acids is 2. The van der Waals surface area contributed by atoms with Crippen LogP contribution in [-0.2, 0) is 4.79 Å². The lowest BCUT2D eigenvalue weighted by molar-refractivity contribution is -0.117. The zero-order chi connectivity index (χ0) is 15.5. The molecular weight excluding hydrogens is 283 g/mol. The first-order valence-corrected chi connectivity index (χ1v) is 7.05. The van der Waals surface area contributed by atoms with Crippen LogP contribution in [0.15, 0.2) is 54.6 Å². The molecule has 1 heterocycles. The van der Waals surface area contributed by atoms with Gasteiger partial charge in [0.05, 0.1) is 6.04 Å². The third-order valence-electron chi connectivity index (χ3n) is 3.63. The molecule has 0 radical (unpaired) electrons. The predicted octanol–water partition coefficient (Wildman–Crippen LogP) is 2.36. The minimum Gasteiger partial charge on any atom is -0.347 e. The van der Waals surface area contributed by atoms with Gasteiger partial charge >= 0.3 is 0 Å². The van der Waals surface area contributed by atoms with Crippen LogP contribution in [0.25, 0.3) is 0 Å². The number of carbonyl (C=O) groups is 2. The quantitative estimate of drug-likeness (QED) is 0.945. The van der Waals surface area contributed by atoms with E-state index in [0.29, 0.717) is 12.1 Å². The monoisotopic (exact) mass is 298 g/mol.